The van der Waals surface area contributed by atoms with Gasteiger partial charge in [0.05, 0.1) is 4.90 Å². The average Bonchev–Trinajstić information content (AvgIpc) is 2.55. The van der Waals surface area contributed by atoms with Crippen molar-refractivity contribution in [2.75, 3.05) is 0 Å². The fourth-order valence-corrected chi connectivity index (χ4v) is 3.59. The van der Waals surface area contributed by atoms with Gasteiger partial charge in [-0.3, -0.25) is 9.59 Å². The molecule has 0 bridgehead atoms. The molecule has 0 saturated carbocycles. The molecule has 1 aromatic carbocycles. The second-order valence-electron chi connectivity index (χ2n) is 5.97. The molecule has 0 aliphatic carbocycles. The molecule has 8 heteroatoms. The first-order chi connectivity index (χ1) is 11.8. The normalized spacial score (nSPS) is 12.7. The van der Waals surface area contributed by atoms with Gasteiger partial charge in [-0.1, -0.05) is 38.3 Å². The maximum atomic E-state index is 12.3. The molecule has 0 aliphatic heterocycles. The lowest BCUT2D eigenvalue weighted by Crippen LogP contribution is -2.41. The Morgan fingerprint density at radius 3 is 2.32 bits per heavy atom. The van der Waals surface area contributed by atoms with Gasteiger partial charge in [0.2, 0.25) is 15.9 Å². The molecule has 1 rings (SSSR count). The molecule has 0 aliphatic rings. The van der Waals surface area contributed by atoms with Gasteiger partial charge in [0.15, 0.2) is 0 Å². The van der Waals surface area contributed by atoms with Crippen molar-refractivity contribution in [3.05, 3.63) is 29.8 Å². The number of benzene rings is 1. The summed E-state index contributed by atoms with van der Waals surface area (Å²) in [6, 6.07) is 5.00. The van der Waals surface area contributed by atoms with Crippen LogP contribution >= 0.6 is 0 Å². The third-order valence-electron chi connectivity index (χ3n) is 3.83. The molecule has 1 unspecified atom stereocenters. The van der Waals surface area contributed by atoms with Gasteiger partial charge < -0.3 is 10.8 Å². The lowest BCUT2D eigenvalue weighted by atomic mass is 10.1. The van der Waals surface area contributed by atoms with Crippen LogP contribution in [0.2, 0.25) is 0 Å². The number of amides is 1. The Kier molecular flexibility index (Phi) is 8.57. The Labute approximate surface area is 148 Å². The van der Waals surface area contributed by atoms with Crippen molar-refractivity contribution in [2.24, 2.45) is 5.73 Å². The van der Waals surface area contributed by atoms with Crippen LogP contribution in [0, 0.1) is 0 Å². The Bertz CT molecular complexity index is 671. The van der Waals surface area contributed by atoms with Gasteiger partial charge in [0.25, 0.3) is 0 Å². The van der Waals surface area contributed by atoms with Crippen LogP contribution in [0.4, 0.5) is 0 Å². The molecule has 25 heavy (non-hydrogen) atoms. The van der Waals surface area contributed by atoms with E-state index < -0.39 is 27.9 Å². The third kappa shape index (κ3) is 7.66. The molecule has 140 valence electrons. The standard InChI is InChI=1S/C17H26N2O5S/c1-2-3-4-5-6-13-7-9-14(10-8-13)25(23,24)19-15(17(21)22)11-12-16(18)20/h7-10,15,19H,2-6,11-12H2,1H3,(H2,18,20)(H,21,22). The van der Waals surface area contributed by atoms with E-state index in [1.165, 1.54) is 18.6 Å². The smallest absolute Gasteiger partial charge is 0.321 e. The average molecular weight is 370 g/mol. The number of hydrogen-bond acceptors (Lipinski definition) is 4. The van der Waals surface area contributed by atoms with Gasteiger partial charge in [0, 0.05) is 6.42 Å². The number of unbranched alkanes of at least 4 members (excludes halogenated alkanes) is 3. The fourth-order valence-electron chi connectivity index (χ4n) is 2.37. The molecule has 0 spiro atoms. The zero-order valence-electron chi connectivity index (χ0n) is 14.4. The second-order valence-corrected chi connectivity index (χ2v) is 7.69. The van der Waals surface area contributed by atoms with Crippen molar-refractivity contribution in [2.45, 2.75) is 62.8 Å². The Balaban J connectivity index is 2.73. The Morgan fingerprint density at radius 2 is 1.80 bits per heavy atom. The van der Waals surface area contributed by atoms with Crippen molar-refractivity contribution in [1.82, 2.24) is 4.72 Å². The summed E-state index contributed by atoms with van der Waals surface area (Å²) in [5.74, 6) is -2.03. The highest BCUT2D eigenvalue weighted by Gasteiger charge is 2.25. The Hall–Kier alpha value is -1.93. The molecule has 0 fully saturated rings. The zero-order chi connectivity index (χ0) is 18.9. The molecule has 0 heterocycles. The van der Waals surface area contributed by atoms with E-state index in [-0.39, 0.29) is 17.7 Å². The van der Waals surface area contributed by atoms with Crippen LogP contribution in [0.15, 0.2) is 29.2 Å². The van der Waals surface area contributed by atoms with Crippen LogP contribution in [0.3, 0.4) is 0 Å². The molecular formula is C17H26N2O5S. The SMILES string of the molecule is CCCCCCc1ccc(S(=O)(=O)NC(CCC(N)=O)C(=O)O)cc1. The number of sulfonamides is 1. The lowest BCUT2D eigenvalue weighted by Gasteiger charge is -2.14. The predicted molar refractivity (Wildman–Crippen MR) is 94.5 cm³/mol. The van der Waals surface area contributed by atoms with Crippen LogP contribution < -0.4 is 10.5 Å². The lowest BCUT2D eigenvalue weighted by molar-refractivity contribution is -0.139. The minimum absolute atomic E-state index is 0.00451. The summed E-state index contributed by atoms with van der Waals surface area (Å²) in [5, 5.41) is 9.10. The maximum Gasteiger partial charge on any atom is 0.321 e. The van der Waals surface area contributed by atoms with E-state index >= 15 is 0 Å². The molecule has 1 atom stereocenters. The van der Waals surface area contributed by atoms with Gasteiger partial charge in [0.1, 0.15) is 6.04 Å². The van der Waals surface area contributed by atoms with Crippen LogP contribution in [0.25, 0.3) is 0 Å². The van der Waals surface area contributed by atoms with Gasteiger partial charge >= 0.3 is 5.97 Å². The zero-order valence-corrected chi connectivity index (χ0v) is 15.2. The van der Waals surface area contributed by atoms with Crippen LogP contribution in [0.5, 0.6) is 0 Å². The van der Waals surface area contributed by atoms with Crippen molar-refractivity contribution in [1.29, 1.82) is 0 Å². The first-order valence-corrected chi connectivity index (χ1v) is 9.87. The summed E-state index contributed by atoms with van der Waals surface area (Å²) < 4.78 is 26.7. The summed E-state index contributed by atoms with van der Waals surface area (Å²) in [7, 11) is -3.98. The largest absolute Gasteiger partial charge is 0.480 e. The third-order valence-corrected chi connectivity index (χ3v) is 5.32. The van der Waals surface area contributed by atoms with E-state index in [4.69, 9.17) is 10.8 Å². The minimum Gasteiger partial charge on any atom is -0.480 e. The van der Waals surface area contributed by atoms with Crippen LogP contribution in [-0.4, -0.2) is 31.4 Å². The van der Waals surface area contributed by atoms with Crippen molar-refractivity contribution in [3.8, 4) is 0 Å². The number of carboxylic acid groups (broad SMARTS) is 1. The van der Waals surface area contributed by atoms with E-state index in [1.807, 2.05) is 0 Å². The van der Waals surface area contributed by atoms with E-state index in [2.05, 4.69) is 11.6 Å². The molecular weight excluding hydrogens is 344 g/mol. The highest BCUT2D eigenvalue weighted by molar-refractivity contribution is 7.89. The first-order valence-electron chi connectivity index (χ1n) is 8.38. The number of aliphatic carboxylic acids is 1. The Morgan fingerprint density at radius 1 is 1.16 bits per heavy atom. The molecule has 1 aromatic rings. The quantitative estimate of drug-likeness (QED) is 0.484. The number of nitrogens with one attached hydrogen (secondary N) is 1. The molecule has 0 radical (unpaired) electrons. The number of hydrogen-bond donors (Lipinski definition) is 3. The number of rotatable bonds is 12. The highest BCUT2D eigenvalue weighted by atomic mass is 32.2. The van der Waals surface area contributed by atoms with E-state index in [0.29, 0.717) is 0 Å². The molecule has 4 N–H and O–H groups in total. The number of primary amides is 1. The monoisotopic (exact) mass is 370 g/mol. The van der Waals surface area contributed by atoms with Gasteiger partial charge in [-0.05, 0) is 37.0 Å². The van der Waals surface area contributed by atoms with E-state index in [1.54, 1.807) is 12.1 Å². The summed E-state index contributed by atoms with van der Waals surface area (Å²) in [5.41, 5.74) is 6.02. The molecule has 0 saturated heterocycles. The van der Waals surface area contributed by atoms with E-state index in [0.717, 1.165) is 31.2 Å². The molecule has 0 aromatic heterocycles. The number of aryl methyl sites for hydroxylation is 1. The van der Waals surface area contributed by atoms with Gasteiger partial charge in [-0.2, -0.15) is 4.72 Å². The maximum absolute atomic E-state index is 12.3. The highest BCUT2D eigenvalue weighted by Crippen LogP contribution is 2.14. The first kappa shape index (κ1) is 21.1. The summed E-state index contributed by atoms with van der Waals surface area (Å²) in [4.78, 5) is 21.9. The van der Waals surface area contributed by atoms with Gasteiger partial charge in [-0.25, -0.2) is 8.42 Å². The topological polar surface area (TPSA) is 127 Å². The van der Waals surface area contributed by atoms with Crippen molar-refractivity contribution >= 4 is 21.9 Å². The summed E-state index contributed by atoms with van der Waals surface area (Å²) in [6.07, 6.45) is 4.99. The summed E-state index contributed by atoms with van der Waals surface area (Å²) in [6.45, 7) is 2.14. The van der Waals surface area contributed by atoms with Crippen LogP contribution in [0.1, 0.15) is 51.0 Å². The second kappa shape index (κ2) is 10.1. The number of nitrogens with two attached hydrogens (primary N) is 1. The fraction of sp³-hybridized carbons (Fsp3) is 0.529. The van der Waals surface area contributed by atoms with Gasteiger partial charge in [-0.15, -0.1) is 0 Å². The number of carbonyl (C=O) groups is 2. The van der Waals surface area contributed by atoms with Crippen LogP contribution in [-0.2, 0) is 26.0 Å². The predicted octanol–water partition coefficient (Wildman–Crippen LogP) is 1.81. The van der Waals surface area contributed by atoms with Crippen molar-refractivity contribution in [3.63, 3.8) is 0 Å². The molecule has 1 amide bonds. The minimum atomic E-state index is -3.98. The molecule has 7 nitrogen and oxygen atoms in total. The number of carbonyl (C=O) groups excluding carboxylic acids is 1. The van der Waals surface area contributed by atoms with E-state index in [9.17, 15) is 18.0 Å². The number of carboxylic acids is 1. The summed E-state index contributed by atoms with van der Waals surface area (Å²) >= 11 is 0. The van der Waals surface area contributed by atoms with Crippen molar-refractivity contribution < 1.29 is 23.1 Å².